The number of hydrogen-bond donors (Lipinski definition) is 2. The molecule has 34 heavy (non-hydrogen) atoms. The van der Waals surface area contributed by atoms with Crippen LogP contribution in [0.25, 0.3) is 0 Å². The number of halogens is 1. The Hall–Kier alpha value is -2.38. The van der Waals surface area contributed by atoms with Gasteiger partial charge in [0.25, 0.3) is 0 Å². The number of aliphatic hydroxyl groups is 1. The Labute approximate surface area is 206 Å². The standard InChI is InChI=1S/C26H35ClN2O5/c1-5-9-16-12-13-18-21(20(16)26(33)34-7-3)25(32)29(17(6-2)14-30)23(18)24(31)28-22-15(4)10-8-11-19(22)27/h8,10-13,16-18,20-21,23,30H,5-7,9,14H2,1-4H3,(H,28,31)/t16-,17+,18+,20-,21-,23+/m1/s1. The first kappa shape index (κ1) is 26.2. The van der Waals surface area contributed by atoms with Crippen molar-refractivity contribution in [3.05, 3.63) is 40.9 Å². The fourth-order valence-corrected chi connectivity index (χ4v) is 5.68. The summed E-state index contributed by atoms with van der Waals surface area (Å²) in [7, 11) is 0. The first-order chi connectivity index (χ1) is 16.3. The summed E-state index contributed by atoms with van der Waals surface area (Å²) in [6.07, 6.45) is 5.94. The van der Waals surface area contributed by atoms with Crippen LogP contribution in [0.2, 0.25) is 5.02 Å². The Morgan fingerprint density at radius 2 is 1.97 bits per heavy atom. The lowest BCUT2D eigenvalue weighted by atomic mass is 9.69. The van der Waals surface area contributed by atoms with Gasteiger partial charge in [-0.05, 0) is 44.2 Å². The summed E-state index contributed by atoms with van der Waals surface area (Å²) in [4.78, 5) is 42.1. The van der Waals surface area contributed by atoms with E-state index in [1.54, 1.807) is 19.1 Å². The van der Waals surface area contributed by atoms with E-state index in [1.807, 2.05) is 39.0 Å². The van der Waals surface area contributed by atoms with Gasteiger partial charge >= 0.3 is 5.97 Å². The van der Waals surface area contributed by atoms with Crippen molar-refractivity contribution in [1.82, 2.24) is 4.90 Å². The minimum atomic E-state index is -0.874. The lowest BCUT2D eigenvalue weighted by molar-refractivity contribution is -0.156. The van der Waals surface area contributed by atoms with Gasteiger partial charge < -0.3 is 20.1 Å². The number of fused-ring (bicyclic) bond motifs is 1. The maximum atomic E-state index is 13.8. The number of aliphatic hydroxyl groups excluding tert-OH is 1. The number of nitrogens with one attached hydrogen (secondary N) is 1. The van der Waals surface area contributed by atoms with Gasteiger partial charge in [0, 0.05) is 5.92 Å². The molecule has 1 aromatic rings. The molecule has 186 valence electrons. The van der Waals surface area contributed by atoms with Crippen LogP contribution >= 0.6 is 11.6 Å². The monoisotopic (exact) mass is 490 g/mol. The van der Waals surface area contributed by atoms with Crippen LogP contribution < -0.4 is 5.32 Å². The van der Waals surface area contributed by atoms with Gasteiger partial charge in [-0.1, -0.05) is 56.2 Å². The molecule has 0 bridgehead atoms. The van der Waals surface area contributed by atoms with E-state index >= 15 is 0 Å². The summed E-state index contributed by atoms with van der Waals surface area (Å²) in [6, 6.07) is 3.93. The number of amides is 2. The molecule has 1 heterocycles. The SMILES string of the molecule is CCC[C@@H]1C=C[C@H]2[C@@H](C(=O)N([C@@H](CC)CO)[C@@H]2C(=O)Nc2c(C)cccc2Cl)[C@@H]1C(=O)OCC. The van der Waals surface area contributed by atoms with Gasteiger partial charge in [-0.15, -0.1) is 0 Å². The Bertz CT molecular complexity index is 925. The lowest BCUT2D eigenvalue weighted by Gasteiger charge is -2.34. The highest BCUT2D eigenvalue weighted by atomic mass is 35.5. The van der Waals surface area contributed by atoms with E-state index in [9.17, 15) is 19.5 Å². The number of esters is 1. The molecule has 2 aliphatic rings. The van der Waals surface area contributed by atoms with Crippen LogP contribution in [-0.4, -0.2) is 53.1 Å². The number of allylic oxidation sites excluding steroid dienone is 1. The Balaban J connectivity index is 2.06. The number of carbonyl (C=O) groups is 3. The third-order valence-electron chi connectivity index (χ3n) is 7.04. The second kappa shape index (κ2) is 11.4. The number of hydrogen-bond acceptors (Lipinski definition) is 5. The van der Waals surface area contributed by atoms with Crippen molar-refractivity contribution in [3.63, 3.8) is 0 Å². The predicted molar refractivity (Wildman–Crippen MR) is 131 cm³/mol. The van der Waals surface area contributed by atoms with Crippen molar-refractivity contribution in [3.8, 4) is 0 Å². The highest BCUT2D eigenvalue weighted by Crippen LogP contribution is 2.46. The second-order valence-corrected chi connectivity index (χ2v) is 9.48. The van der Waals surface area contributed by atoms with Crippen molar-refractivity contribution in [2.45, 2.75) is 59.0 Å². The number of likely N-dealkylation sites (tertiary alicyclic amines) is 1. The number of anilines is 1. The van der Waals surface area contributed by atoms with E-state index in [4.69, 9.17) is 16.3 Å². The normalized spacial score (nSPS) is 26.8. The van der Waals surface area contributed by atoms with Gasteiger partial charge in [0.05, 0.1) is 41.8 Å². The molecule has 1 aromatic carbocycles. The van der Waals surface area contributed by atoms with E-state index in [-0.39, 0.29) is 30.9 Å². The number of benzene rings is 1. The van der Waals surface area contributed by atoms with Crippen LogP contribution in [0.15, 0.2) is 30.4 Å². The second-order valence-electron chi connectivity index (χ2n) is 9.07. The number of carbonyl (C=O) groups excluding carboxylic acids is 3. The fourth-order valence-electron chi connectivity index (χ4n) is 5.41. The van der Waals surface area contributed by atoms with Crippen LogP contribution in [0.4, 0.5) is 5.69 Å². The summed E-state index contributed by atoms with van der Waals surface area (Å²) in [5.41, 5.74) is 1.29. The quantitative estimate of drug-likeness (QED) is 0.403. The van der Waals surface area contributed by atoms with Crippen molar-refractivity contribution >= 4 is 35.1 Å². The van der Waals surface area contributed by atoms with Gasteiger partial charge in [-0.25, -0.2) is 0 Å². The molecule has 7 nitrogen and oxygen atoms in total. The summed E-state index contributed by atoms with van der Waals surface area (Å²) in [6.45, 7) is 7.43. The molecule has 6 atom stereocenters. The first-order valence-electron chi connectivity index (χ1n) is 12.1. The maximum absolute atomic E-state index is 13.8. The Morgan fingerprint density at radius 3 is 2.56 bits per heavy atom. The topological polar surface area (TPSA) is 95.9 Å². The molecule has 1 aliphatic carbocycles. The fraction of sp³-hybridized carbons (Fsp3) is 0.577. The third kappa shape index (κ3) is 4.86. The highest BCUT2D eigenvalue weighted by molar-refractivity contribution is 6.34. The van der Waals surface area contributed by atoms with Gasteiger partial charge in [0.15, 0.2) is 0 Å². The van der Waals surface area contributed by atoms with Crippen molar-refractivity contribution in [2.75, 3.05) is 18.5 Å². The number of aryl methyl sites for hydroxylation is 1. The summed E-state index contributed by atoms with van der Waals surface area (Å²) in [5.74, 6) is -3.12. The number of para-hydroxylation sites is 1. The van der Waals surface area contributed by atoms with Gasteiger partial charge in [-0.2, -0.15) is 0 Å². The van der Waals surface area contributed by atoms with Crippen LogP contribution in [0.1, 0.15) is 45.6 Å². The molecule has 2 amide bonds. The Morgan fingerprint density at radius 1 is 1.24 bits per heavy atom. The summed E-state index contributed by atoms with van der Waals surface area (Å²) >= 11 is 6.34. The molecule has 1 aliphatic heterocycles. The summed E-state index contributed by atoms with van der Waals surface area (Å²) < 4.78 is 5.37. The van der Waals surface area contributed by atoms with Crippen LogP contribution in [-0.2, 0) is 19.1 Å². The minimum absolute atomic E-state index is 0.141. The molecule has 8 heteroatoms. The number of ether oxygens (including phenoxy) is 1. The van der Waals surface area contributed by atoms with Gasteiger partial charge in [-0.3, -0.25) is 14.4 Å². The van der Waals surface area contributed by atoms with Gasteiger partial charge in [0.1, 0.15) is 6.04 Å². The first-order valence-corrected chi connectivity index (χ1v) is 12.5. The van der Waals surface area contributed by atoms with E-state index in [0.717, 1.165) is 18.4 Å². The van der Waals surface area contributed by atoms with E-state index in [1.165, 1.54) is 4.90 Å². The summed E-state index contributed by atoms with van der Waals surface area (Å²) in [5, 5.41) is 13.4. The van der Waals surface area contributed by atoms with E-state index < -0.39 is 35.8 Å². The molecule has 1 saturated heterocycles. The molecule has 0 aromatic heterocycles. The molecular formula is C26H35ClN2O5. The van der Waals surface area contributed by atoms with E-state index in [2.05, 4.69) is 5.32 Å². The molecule has 2 N–H and O–H groups in total. The predicted octanol–water partition coefficient (Wildman–Crippen LogP) is 3.97. The molecule has 0 unspecified atom stereocenters. The molecular weight excluding hydrogens is 456 g/mol. The van der Waals surface area contributed by atoms with E-state index in [0.29, 0.717) is 17.1 Å². The van der Waals surface area contributed by atoms with Crippen molar-refractivity contribution in [2.24, 2.45) is 23.7 Å². The molecule has 0 radical (unpaired) electrons. The zero-order valence-corrected chi connectivity index (χ0v) is 21.0. The van der Waals surface area contributed by atoms with Crippen LogP contribution in [0, 0.1) is 30.6 Å². The maximum Gasteiger partial charge on any atom is 0.310 e. The molecule has 3 rings (SSSR count). The van der Waals surface area contributed by atoms with Crippen LogP contribution in [0.5, 0.6) is 0 Å². The highest BCUT2D eigenvalue weighted by Gasteiger charge is 2.58. The largest absolute Gasteiger partial charge is 0.466 e. The zero-order valence-electron chi connectivity index (χ0n) is 20.3. The van der Waals surface area contributed by atoms with Crippen LogP contribution in [0.3, 0.4) is 0 Å². The Kier molecular flexibility index (Phi) is 8.77. The smallest absolute Gasteiger partial charge is 0.310 e. The number of rotatable bonds is 9. The average Bonchev–Trinajstić information content (AvgIpc) is 3.10. The lowest BCUT2D eigenvalue weighted by Crippen LogP contribution is -2.50. The zero-order chi connectivity index (χ0) is 25.0. The van der Waals surface area contributed by atoms with Crippen molar-refractivity contribution in [1.29, 1.82) is 0 Å². The third-order valence-corrected chi connectivity index (χ3v) is 7.36. The number of nitrogens with zero attached hydrogens (tertiary/aromatic N) is 1. The van der Waals surface area contributed by atoms with Gasteiger partial charge in [0.2, 0.25) is 11.8 Å². The average molecular weight is 491 g/mol. The molecule has 1 fully saturated rings. The molecule has 0 saturated carbocycles. The van der Waals surface area contributed by atoms with Crippen molar-refractivity contribution < 1.29 is 24.2 Å². The minimum Gasteiger partial charge on any atom is -0.466 e. The molecule has 0 spiro atoms.